The van der Waals surface area contributed by atoms with Crippen LogP contribution in [0.3, 0.4) is 0 Å². The fraction of sp³-hybridized carbons (Fsp3) is 0. The fourth-order valence-corrected chi connectivity index (χ4v) is 2.37. The van der Waals surface area contributed by atoms with Crippen molar-refractivity contribution in [3.8, 4) is 22.8 Å². The van der Waals surface area contributed by atoms with E-state index in [0.29, 0.717) is 28.0 Å². The second kappa shape index (κ2) is 4.44. The first-order chi connectivity index (χ1) is 8.75. The lowest BCUT2D eigenvalue weighted by Crippen LogP contribution is -1.91. The van der Waals surface area contributed by atoms with Crippen LogP contribution in [0.25, 0.3) is 22.8 Å². The van der Waals surface area contributed by atoms with Gasteiger partial charge in [-0.15, -0.1) is 0 Å². The number of benzene rings is 1. The zero-order chi connectivity index (χ0) is 12.5. The van der Waals surface area contributed by atoms with E-state index in [4.69, 9.17) is 21.9 Å². The lowest BCUT2D eigenvalue weighted by atomic mass is 10.2. The van der Waals surface area contributed by atoms with E-state index < -0.39 is 0 Å². The van der Waals surface area contributed by atoms with Gasteiger partial charge < -0.3 is 10.3 Å². The molecule has 0 radical (unpaired) electrons. The highest BCUT2D eigenvalue weighted by molar-refractivity contribution is 7.08. The zero-order valence-corrected chi connectivity index (χ0v) is 10.7. The van der Waals surface area contributed by atoms with E-state index in [1.165, 1.54) is 0 Å². The van der Waals surface area contributed by atoms with Crippen LogP contribution in [-0.2, 0) is 0 Å². The van der Waals surface area contributed by atoms with Gasteiger partial charge >= 0.3 is 0 Å². The first-order valence-electron chi connectivity index (χ1n) is 5.16. The van der Waals surface area contributed by atoms with Crippen LogP contribution >= 0.6 is 22.9 Å². The summed E-state index contributed by atoms with van der Waals surface area (Å²) in [7, 11) is 0. The Morgan fingerprint density at radius 2 is 2.17 bits per heavy atom. The molecular weight excluding hydrogens is 270 g/mol. The average Bonchev–Trinajstić information content (AvgIpc) is 3.01. The predicted octanol–water partition coefficient (Wildman–Crippen LogP) is 3.70. The largest absolute Gasteiger partial charge is 0.397 e. The Balaban J connectivity index is 2.06. The van der Waals surface area contributed by atoms with Gasteiger partial charge in [-0.3, -0.25) is 0 Å². The van der Waals surface area contributed by atoms with Gasteiger partial charge in [0.05, 0.1) is 16.3 Å². The Morgan fingerprint density at radius 1 is 1.28 bits per heavy atom. The molecule has 2 aromatic heterocycles. The molecule has 0 aliphatic heterocycles. The smallest absolute Gasteiger partial charge is 0.260 e. The number of hydrogen-bond donors (Lipinski definition) is 1. The van der Waals surface area contributed by atoms with E-state index in [9.17, 15) is 0 Å². The van der Waals surface area contributed by atoms with Crippen molar-refractivity contribution >= 4 is 28.6 Å². The number of para-hydroxylation sites is 1. The van der Waals surface area contributed by atoms with Crippen LogP contribution in [0.15, 0.2) is 39.5 Å². The number of nitrogens with two attached hydrogens (primary N) is 1. The fourth-order valence-electron chi connectivity index (χ4n) is 1.57. The van der Waals surface area contributed by atoms with E-state index in [0.717, 1.165) is 5.56 Å². The summed E-state index contributed by atoms with van der Waals surface area (Å²) in [6.07, 6.45) is 0. The molecular formula is C12H8ClN3OS. The number of rotatable bonds is 2. The lowest BCUT2D eigenvalue weighted by molar-refractivity contribution is 0.432. The van der Waals surface area contributed by atoms with Gasteiger partial charge in [0.15, 0.2) is 0 Å². The molecule has 18 heavy (non-hydrogen) atoms. The maximum atomic E-state index is 5.96. The zero-order valence-electron chi connectivity index (χ0n) is 9.13. The highest BCUT2D eigenvalue weighted by Crippen LogP contribution is 2.31. The Hall–Kier alpha value is -1.85. The molecule has 2 heterocycles. The molecule has 0 atom stereocenters. The topological polar surface area (TPSA) is 64.9 Å². The van der Waals surface area contributed by atoms with Crippen LogP contribution in [0.2, 0.25) is 5.02 Å². The Bertz CT molecular complexity index is 678. The minimum atomic E-state index is 0.371. The summed E-state index contributed by atoms with van der Waals surface area (Å²) < 4.78 is 5.22. The molecule has 6 heteroatoms. The van der Waals surface area contributed by atoms with Crippen molar-refractivity contribution < 1.29 is 4.52 Å². The molecule has 0 amide bonds. The molecule has 1 aromatic carbocycles. The van der Waals surface area contributed by atoms with Gasteiger partial charge in [0, 0.05) is 10.9 Å². The molecule has 3 rings (SSSR count). The van der Waals surface area contributed by atoms with Gasteiger partial charge in [0.25, 0.3) is 5.89 Å². The van der Waals surface area contributed by atoms with Gasteiger partial charge in [-0.05, 0) is 23.6 Å². The van der Waals surface area contributed by atoms with Crippen molar-refractivity contribution in [3.63, 3.8) is 0 Å². The highest BCUT2D eigenvalue weighted by Gasteiger charge is 2.14. The van der Waals surface area contributed by atoms with Gasteiger partial charge in [-0.2, -0.15) is 16.3 Å². The van der Waals surface area contributed by atoms with E-state index in [1.54, 1.807) is 29.5 Å². The first kappa shape index (κ1) is 11.3. The Morgan fingerprint density at radius 3 is 2.94 bits per heavy atom. The molecule has 0 bridgehead atoms. The first-order valence-corrected chi connectivity index (χ1v) is 6.48. The van der Waals surface area contributed by atoms with Gasteiger partial charge in [0.2, 0.25) is 5.82 Å². The molecule has 0 unspecified atom stereocenters. The number of anilines is 1. The maximum Gasteiger partial charge on any atom is 0.260 e. The van der Waals surface area contributed by atoms with Crippen LogP contribution < -0.4 is 5.73 Å². The second-order valence-electron chi connectivity index (χ2n) is 3.64. The third kappa shape index (κ3) is 1.87. The molecule has 0 fully saturated rings. The van der Waals surface area contributed by atoms with Crippen molar-refractivity contribution in [3.05, 3.63) is 40.0 Å². The molecule has 2 N–H and O–H groups in total. The third-order valence-corrected chi connectivity index (χ3v) is 3.50. The SMILES string of the molecule is Nc1c(Cl)cccc1-c1nc(-c2ccsc2)no1. The van der Waals surface area contributed by atoms with E-state index in [-0.39, 0.29) is 0 Å². The van der Waals surface area contributed by atoms with Crippen LogP contribution in [-0.4, -0.2) is 10.1 Å². The minimum absolute atomic E-state index is 0.371. The number of halogens is 1. The molecule has 90 valence electrons. The molecule has 4 nitrogen and oxygen atoms in total. The van der Waals surface area contributed by atoms with Crippen LogP contribution in [0, 0.1) is 0 Å². The standard InChI is InChI=1S/C12H8ClN3OS/c13-9-3-1-2-8(10(9)14)12-15-11(16-17-12)7-4-5-18-6-7/h1-6H,14H2. The van der Waals surface area contributed by atoms with Crippen molar-refractivity contribution in [2.45, 2.75) is 0 Å². The Kier molecular flexibility index (Phi) is 2.77. The van der Waals surface area contributed by atoms with Crippen LogP contribution in [0.4, 0.5) is 5.69 Å². The van der Waals surface area contributed by atoms with Crippen molar-refractivity contribution in [1.82, 2.24) is 10.1 Å². The van der Waals surface area contributed by atoms with Crippen LogP contribution in [0.1, 0.15) is 0 Å². The number of hydrogen-bond acceptors (Lipinski definition) is 5. The van der Waals surface area contributed by atoms with Crippen molar-refractivity contribution in [1.29, 1.82) is 0 Å². The summed E-state index contributed by atoms with van der Waals surface area (Å²) in [6.45, 7) is 0. The number of thiophene rings is 1. The average molecular weight is 278 g/mol. The molecule has 3 aromatic rings. The van der Waals surface area contributed by atoms with E-state index >= 15 is 0 Å². The van der Waals surface area contributed by atoms with Crippen molar-refractivity contribution in [2.75, 3.05) is 5.73 Å². The minimum Gasteiger partial charge on any atom is -0.397 e. The van der Waals surface area contributed by atoms with Gasteiger partial charge in [-0.1, -0.05) is 22.8 Å². The summed E-state index contributed by atoms with van der Waals surface area (Å²) in [5.41, 5.74) is 7.91. The predicted molar refractivity (Wildman–Crippen MR) is 72.5 cm³/mol. The summed E-state index contributed by atoms with van der Waals surface area (Å²) in [5, 5.41) is 8.31. The van der Waals surface area contributed by atoms with Gasteiger partial charge in [-0.25, -0.2) is 0 Å². The summed E-state index contributed by atoms with van der Waals surface area (Å²) in [4.78, 5) is 4.32. The monoisotopic (exact) mass is 277 g/mol. The highest BCUT2D eigenvalue weighted by atomic mass is 35.5. The van der Waals surface area contributed by atoms with E-state index in [2.05, 4.69) is 10.1 Å². The molecule has 0 spiro atoms. The number of aromatic nitrogens is 2. The number of nitrogens with zero attached hydrogens (tertiary/aromatic N) is 2. The molecule has 0 saturated heterocycles. The Labute approximate surface area is 112 Å². The van der Waals surface area contributed by atoms with E-state index in [1.807, 2.05) is 16.8 Å². The summed E-state index contributed by atoms with van der Waals surface area (Å²) >= 11 is 7.53. The third-order valence-electron chi connectivity index (χ3n) is 2.49. The summed E-state index contributed by atoms with van der Waals surface area (Å²) in [5.74, 6) is 0.918. The van der Waals surface area contributed by atoms with Crippen molar-refractivity contribution in [2.24, 2.45) is 0 Å². The molecule has 0 saturated carbocycles. The maximum absolute atomic E-state index is 5.96. The van der Waals surface area contributed by atoms with Crippen LogP contribution in [0.5, 0.6) is 0 Å². The molecule has 0 aliphatic carbocycles. The number of nitrogen functional groups attached to an aromatic ring is 1. The second-order valence-corrected chi connectivity index (χ2v) is 4.82. The normalized spacial score (nSPS) is 10.7. The van der Waals surface area contributed by atoms with Gasteiger partial charge in [0.1, 0.15) is 0 Å². The summed E-state index contributed by atoms with van der Waals surface area (Å²) in [6, 6.07) is 7.24. The molecule has 0 aliphatic rings. The lowest BCUT2D eigenvalue weighted by Gasteiger charge is -2.01. The quantitative estimate of drug-likeness (QED) is 0.725.